The molecule has 0 aliphatic carbocycles. The first-order valence-corrected chi connectivity index (χ1v) is 6.91. The molecule has 0 aromatic heterocycles. The van der Waals surface area contributed by atoms with Crippen molar-refractivity contribution in [3.05, 3.63) is 71.8 Å². The maximum absolute atomic E-state index is 10.1. The fraction of sp³-hybridized carbons (Fsp3) is 0.333. The lowest BCUT2D eigenvalue weighted by Gasteiger charge is -2.45. The molecule has 2 rings (SSSR count). The summed E-state index contributed by atoms with van der Waals surface area (Å²) in [4.78, 5) is 0. The van der Waals surface area contributed by atoms with Crippen molar-refractivity contribution >= 4 is 0 Å². The van der Waals surface area contributed by atoms with Crippen molar-refractivity contribution in [3.63, 3.8) is 0 Å². The van der Waals surface area contributed by atoms with E-state index in [1.54, 1.807) is 0 Å². The number of aliphatic hydroxyl groups excluding tert-OH is 2. The summed E-state index contributed by atoms with van der Waals surface area (Å²) in [6, 6.07) is 19.8. The first-order valence-electron chi connectivity index (χ1n) is 6.91. The van der Waals surface area contributed by atoms with Gasteiger partial charge in [0.25, 0.3) is 0 Å². The van der Waals surface area contributed by atoms with Gasteiger partial charge in [-0.1, -0.05) is 74.5 Å². The highest BCUT2D eigenvalue weighted by Gasteiger charge is 2.46. The van der Waals surface area contributed by atoms with Gasteiger partial charge >= 0.3 is 0 Å². The van der Waals surface area contributed by atoms with Gasteiger partial charge in [-0.15, -0.1) is 0 Å². The molecule has 106 valence electrons. The quantitative estimate of drug-likeness (QED) is 0.877. The van der Waals surface area contributed by atoms with Gasteiger partial charge in [0.2, 0.25) is 0 Å². The highest BCUT2D eigenvalue weighted by molar-refractivity contribution is 5.38. The van der Waals surface area contributed by atoms with Crippen LogP contribution in [0.4, 0.5) is 0 Å². The molecule has 20 heavy (non-hydrogen) atoms. The molecule has 0 unspecified atom stereocenters. The molecule has 0 fully saturated rings. The maximum Gasteiger partial charge on any atom is 0.0534 e. The molecular weight excluding hydrogens is 248 g/mol. The predicted octanol–water partition coefficient (Wildman–Crippen LogP) is 2.89. The van der Waals surface area contributed by atoms with Crippen molar-refractivity contribution in [3.8, 4) is 0 Å². The van der Waals surface area contributed by atoms with Crippen molar-refractivity contribution in [2.45, 2.75) is 24.7 Å². The van der Waals surface area contributed by atoms with Gasteiger partial charge in [0.15, 0.2) is 0 Å². The minimum Gasteiger partial charge on any atom is -0.395 e. The van der Waals surface area contributed by atoms with Crippen LogP contribution in [0.5, 0.6) is 0 Å². The van der Waals surface area contributed by atoms with Gasteiger partial charge in [-0.25, -0.2) is 0 Å². The summed E-state index contributed by atoms with van der Waals surface area (Å²) in [6.45, 7) is 3.96. The van der Waals surface area contributed by atoms with E-state index in [4.69, 9.17) is 0 Å². The van der Waals surface area contributed by atoms with E-state index in [1.807, 2.05) is 74.5 Å². The van der Waals surface area contributed by atoms with Gasteiger partial charge < -0.3 is 10.2 Å². The van der Waals surface area contributed by atoms with Crippen LogP contribution in [0, 0.1) is 0 Å². The van der Waals surface area contributed by atoms with E-state index in [0.29, 0.717) is 0 Å². The van der Waals surface area contributed by atoms with Crippen LogP contribution in [0.3, 0.4) is 0 Å². The van der Waals surface area contributed by atoms with E-state index in [-0.39, 0.29) is 13.2 Å². The van der Waals surface area contributed by atoms with Crippen LogP contribution in [0.15, 0.2) is 60.7 Å². The molecule has 2 nitrogen and oxygen atoms in total. The number of hydrogen-bond donors (Lipinski definition) is 2. The second kappa shape index (κ2) is 5.78. The Morgan fingerprint density at radius 2 is 0.950 bits per heavy atom. The van der Waals surface area contributed by atoms with Crippen LogP contribution >= 0.6 is 0 Å². The summed E-state index contributed by atoms with van der Waals surface area (Å²) >= 11 is 0. The van der Waals surface area contributed by atoms with Crippen molar-refractivity contribution in [1.29, 1.82) is 0 Å². The lowest BCUT2D eigenvalue weighted by molar-refractivity contribution is 0.0796. The van der Waals surface area contributed by atoms with Gasteiger partial charge in [-0.05, 0) is 11.1 Å². The molecule has 2 aromatic rings. The van der Waals surface area contributed by atoms with Crippen LogP contribution in [-0.2, 0) is 10.8 Å². The van der Waals surface area contributed by atoms with Gasteiger partial charge in [-0.2, -0.15) is 0 Å². The normalized spacial score (nSPS) is 17.2. The average molecular weight is 270 g/mol. The van der Waals surface area contributed by atoms with Crippen LogP contribution in [-0.4, -0.2) is 23.4 Å². The molecule has 2 N–H and O–H groups in total. The van der Waals surface area contributed by atoms with Gasteiger partial charge in [0, 0.05) is 10.8 Å². The topological polar surface area (TPSA) is 40.5 Å². The smallest absolute Gasteiger partial charge is 0.0534 e. The lowest BCUT2D eigenvalue weighted by Crippen LogP contribution is -2.50. The largest absolute Gasteiger partial charge is 0.395 e. The Balaban J connectivity index is 2.58. The number of rotatable bonds is 5. The molecule has 0 aliphatic heterocycles. The third kappa shape index (κ3) is 2.26. The number of benzene rings is 2. The molecule has 2 atom stereocenters. The zero-order chi connectivity index (χ0) is 14.6. The SMILES string of the molecule is C[C@](CO)(c1ccccc1)[C@](C)(CO)c1ccccc1. The van der Waals surface area contributed by atoms with Crippen molar-refractivity contribution in [2.24, 2.45) is 0 Å². The molecule has 2 aromatic carbocycles. The van der Waals surface area contributed by atoms with Crippen molar-refractivity contribution < 1.29 is 10.2 Å². The summed E-state index contributed by atoms with van der Waals surface area (Å²) in [7, 11) is 0. The predicted molar refractivity (Wildman–Crippen MR) is 81.8 cm³/mol. The first kappa shape index (κ1) is 14.8. The summed E-state index contributed by atoms with van der Waals surface area (Å²) in [5.74, 6) is 0. The third-order valence-electron chi connectivity index (χ3n) is 4.67. The Kier molecular flexibility index (Phi) is 4.26. The minimum absolute atomic E-state index is 0.0248. The van der Waals surface area contributed by atoms with Crippen LogP contribution in [0.2, 0.25) is 0 Å². The Bertz CT molecular complexity index is 486. The van der Waals surface area contributed by atoms with E-state index >= 15 is 0 Å². The van der Waals surface area contributed by atoms with E-state index in [0.717, 1.165) is 11.1 Å². The Morgan fingerprint density at radius 1 is 0.650 bits per heavy atom. The van der Waals surface area contributed by atoms with Gasteiger partial charge in [0.1, 0.15) is 0 Å². The van der Waals surface area contributed by atoms with E-state index in [1.165, 1.54) is 0 Å². The molecule has 0 radical (unpaired) electrons. The van der Waals surface area contributed by atoms with Crippen LogP contribution in [0.25, 0.3) is 0 Å². The summed E-state index contributed by atoms with van der Waals surface area (Å²) < 4.78 is 0. The zero-order valence-electron chi connectivity index (χ0n) is 12.1. The third-order valence-corrected chi connectivity index (χ3v) is 4.67. The van der Waals surface area contributed by atoms with Gasteiger partial charge in [-0.3, -0.25) is 0 Å². The zero-order valence-corrected chi connectivity index (χ0v) is 12.1. The highest BCUT2D eigenvalue weighted by Crippen LogP contribution is 2.43. The molecule has 0 saturated carbocycles. The molecule has 0 heterocycles. The number of aliphatic hydroxyl groups is 2. The summed E-state index contributed by atoms with van der Waals surface area (Å²) in [5, 5.41) is 20.1. The average Bonchev–Trinajstić information content (AvgIpc) is 2.54. The Hall–Kier alpha value is -1.64. The second-order valence-corrected chi connectivity index (χ2v) is 5.71. The van der Waals surface area contributed by atoms with Crippen LogP contribution in [0.1, 0.15) is 25.0 Å². The monoisotopic (exact) mass is 270 g/mol. The molecule has 0 spiro atoms. The van der Waals surface area contributed by atoms with E-state index < -0.39 is 10.8 Å². The molecule has 0 saturated heterocycles. The van der Waals surface area contributed by atoms with E-state index in [2.05, 4.69) is 0 Å². The van der Waals surface area contributed by atoms with Crippen molar-refractivity contribution in [1.82, 2.24) is 0 Å². The summed E-state index contributed by atoms with van der Waals surface area (Å²) in [5.41, 5.74) is 0.958. The minimum atomic E-state index is -0.551. The Morgan fingerprint density at radius 3 is 1.20 bits per heavy atom. The fourth-order valence-corrected chi connectivity index (χ4v) is 2.78. The standard InChI is InChI=1S/C18H22O2/c1-17(13-19,15-9-5-3-6-10-15)18(2,14-20)16-11-7-4-8-12-16/h3-12,19-20H,13-14H2,1-2H3/t17-,18+. The highest BCUT2D eigenvalue weighted by atomic mass is 16.3. The molecule has 0 bridgehead atoms. The van der Waals surface area contributed by atoms with Crippen LogP contribution < -0.4 is 0 Å². The Labute approximate surface area is 120 Å². The lowest BCUT2D eigenvalue weighted by atomic mass is 9.59. The molecule has 0 amide bonds. The number of hydrogen-bond acceptors (Lipinski definition) is 2. The summed E-state index contributed by atoms with van der Waals surface area (Å²) in [6.07, 6.45) is 0. The first-order chi connectivity index (χ1) is 9.58. The molecule has 2 heteroatoms. The molecular formula is C18H22O2. The fourth-order valence-electron chi connectivity index (χ4n) is 2.78. The van der Waals surface area contributed by atoms with Crippen molar-refractivity contribution in [2.75, 3.05) is 13.2 Å². The molecule has 0 aliphatic rings. The maximum atomic E-state index is 10.1. The van der Waals surface area contributed by atoms with Gasteiger partial charge in [0.05, 0.1) is 13.2 Å². The second-order valence-electron chi connectivity index (χ2n) is 5.71. The van der Waals surface area contributed by atoms with E-state index in [9.17, 15) is 10.2 Å².